The van der Waals surface area contributed by atoms with E-state index < -0.39 is 18.0 Å². The lowest BCUT2D eigenvalue weighted by Gasteiger charge is -2.31. The Morgan fingerprint density at radius 3 is 2.38 bits per heavy atom. The zero-order valence-electron chi connectivity index (χ0n) is 6.81. The zero-order valence-corrected chi connectivity index (χ0v) is 8.40. The molecule has 0 aromatic heterocycles. The van der Waals surface area contributed by atoms with Gasteiger partial charge in [0.05, 0.1) is 17.9 Å². The highest BCUT2D eigenvalue weighted by Gasteiger charge is 2.47. The molecule has 5 heteroatoms. The average molecular weight is 256 g/mol. The second kappa shape index (κ2) is 3.87. The van der Waals surface area contributed by atoms with Crippen molar-refractivity contribution in [2.45, 2.75) is 30.3 Å². The summed E-state index contributed by atoms with van der Waals surface area (Å²) in [5.74, 6) is -2.30. The molecule has 0 aromatic carbocycles. The summed E-state index contributed by atoms with van der Waals surface area (Å²) in [6, 6.07) is 1.74. The summed E-state index contributed by atoms with van der Waals surface area (Å²) in [5, 5.41) is 8.57. The third kappa shape index (κ3) is 2.60. The molecule has 1 saturated carbocycles. The maximum Gasteiger partial charge on any atom is 0.393 e. The second-order valence-corrected chi connectivity index (χ2v) is 4.59. The summed E-state index contributed by atoms with van der Waals surface area (Å²) in [6.07, 6.45) is -3.34. The minimum Gasteiger partial charge on any atom is -0.198 e. The van der Waals surface area contributed by atoms with E-state index in [1.807, 2.05) is 0 Å². The lowest BCUT2D eigenvalue weighted by Crippen LogP contribution is -2.35. The second-order valence-electron chi connectivity index (χ2n) is 3.29. The molecule has 74 valence electrons. The fourth-order valence-corrected chi connectivity index (χ4v) is 2.32. The van der Waals surface area contributed by atoms with E-state index in [-0.39, 0.29) is 11.2 Å². The molecule has 0 radical (unpaired) electrons. The van der Waals surface area contributed by atoms with Gasteiger partial charge in [-0.2, -0.15) is 18.4 Å². The van der Waals surface area contributed by atoms with Crippen LogP contribution in [0.25, 0.3) is 0 Å². The van der Waals surface area contributed by atoms with Gasteiger partial charge in [-0.15, -0.1) is 0 Å². The van der Waals surface area contributed by atoms with E-state index in [0.717, 1.165) is 0 Å². The molecule has 0 aromatic rings. The van der Waals surface area contributed by atoms with Crippen LogP contribution in [0.2, 0.25) is 0 Å². The van der Waals surface area contributed by atoms with Crippen LogP contribution in [0.1, 0.15) is 19.3 Å². The zero-order chi connectivity index (χ0) is 10.1. The largest absolute Gasteiger partial charge is 0.393 e. The van der Waals surface area contributed by atoms with E-state index >= 15 is 0 Å². The maximum atomic E-state index is 12.3. The van der Waals surface area contributed by atoms with Crippen molar-refractivity contribution in [3.63, 3.8) is 0 Å². The number of halogens is 4. The molecule has 0 N–H and O–H groups in total. The molecule has 0 spiro atoms. The molecule has 0 heterocycles. The van der Waals surface area contributed by atoms with Crippen molar-refractivity contribution in [2.75, 3.05) is 0 Å². The minimum absolute atomic E-state index is 0.0655. The van der Waals surface area contributed by atoms with Crippen LogP contribution in [-0.4, -0.2) is 11.0 Å². The quantitative estimate of drug-likeness (QED) is 0.610. The highest BCUT2D eigenvalue weighted by atomic mass is 79.9. The Morgan fingerprint density at radius 1 is 1.31 bits per heavy atom. The molecule has 1 rings (SSSR count). The van der Waals surface area contributed by atoms with Crippen LogP contribution in [0.5, 0.6) is 0 Å². The van der Waals surface area contributed by atoms with Gasteiger partial charge < -0.3 is 0 Å². The van der Waals surface area contributed by atoms with Gasteiger partial charge in [0, 0.05) is 4.83 Å². The van der Waals surface area contributed by atoms with Gasteiger partial charge in [0.2, 0.25) is 0 Å². The van der Waals surface area contributed by atoms with Crippen LogP contribution in [0.15, 0.2) is 0 Å². The van der Waals surface area contributed by atoms with Gasteiger partial charge in [-0.05, 0) is 19.3 Å². The Bertz CT molecular complexity index is 220. The van der Waals surface area contributed by atoms with Gasteiger partial charge >= 0.3 is 6.18 Å². The first-order valence-electron chi connectivity index (χ1n) is 4.05. The van der Waals surface area contributed by atoms with Gasteiger partial charge in [0.15, 0.2) is 0 Å². The predicted molar refractivity (Wildman–Crippen MR) is 45.2 cm³/mol. The Balaban J connectivity index is 2.70. The summed E-state index contributed by atoms with van der Waals surface area (Å²) in [6.45, 7) is 0. The third-order valence-corrected chi connectivity index (χ3v) is 3.20. The molecular weight excluding hydrogens is 247 g/mol. The molecule has 3 atom stereocenters. The molecule has 0 bridgehead atoms. The molecule has 0 aliphatic heterocycles. The Hall–Kier alpha value is -0.240. The van der Waals surface area contributed by atoms with Crippen molar-refractivity contribution in [2.24, 2.45) is 11.8 Å². The fourth-order valence-electron chi connectivity index (χ4n) is 1.65. The molecule has 0 amide bonds. The molecule has 1 aliphatic rings. The van der Waals surface area contributed by atoms with Gasteiger partial charge in [0.25, 0.3) is 0 Å². The maximum absolute atomic E-state index is 12.3. The highest BCUT2D eigenvalue weighted by Crippen LogP contribution is 2.42. The summed E-state index contributed by atoms with van der Waals surface area (Å²) in [7, 11) is 0. The van der Waals surface area contributed by atoms with Crippen LogP contribution >= 0.6 is 15.9 Å². The van der Waals surface area contributed by atoms with Crippen molar-refractivity contribution in [3.05, 3.63) is 0 Å². The van der Waals surface area contributed by atoms with Crippen LogP contribution in [0, 0.1) is 23.2 Å². The van der Waals surface area contributed by atoms with Gasteiger partial charge in [-0.1, -0.05) is 15.9 Å². The smallest absolute Gasteiger partial charge is 0.198 e. The van der Waals surface area contributed by atoms with Gasteiger partial charge in [-0.25, -0.2) is 0 Å². The average Bonchev–Trinajstić information content (AvgIpc) is 2.01. The lowest BCUT2D eigenvalue weighted by molar-refractivity contribution is -0.189. The number of hydrogen-bond donors (Lipinski definition) is 0. The Morgan fingerprint density at radius 2 is 1.92 bits per heavy atom. The first-order valence-corrected chi connectivity index (χ1v) is 4.97. The molecule has 1 nitrogen and oxygen atoms in total. The lowest BCUT2D eigenvalue weighted by atomic mass is 9.79. The predicted octanol–water partition coefficient (Wildman–Crippen LogP) is 3.25. The number of alkyl halides is 4. The van der Waals surface area contributed by atoms with Crippen molar-refractivity contribution in [1.82, 2.24) is 0 Å². The van der Waals surface area contributed by atoms with Crippen molar-refractivity contribution in [3.8, 4) is 6.07 Å². The third-order valence-electron chi connectivity index (χ3n) is 2.37. The fraction of sp³-hybridized carbons (Fsp3) is 0.875. The summed E-state index contributed by atoms with van der Waals surface area (Å²) in [5.41, 5.74) is 0. The molecule has 1 fully saturated rings. The van der Waals surface area contributed by atoms with Crippen LogP contribution < -0.4 is 0 Å². The molecule has 1 aliphatic carbocycles. The van der Waals surface area contributed by atoms with E-state index in [1.54, 1.807) is 6.07 Å². The summed E-state index contributed by atoms with van der Waals surface area (Å²) in [4.78, 5) is 0.0655. The first-order chi connectivity index (χ1) is 5.95. The van der Waals surface area contributed by atoms with E-state index in [0.29, 0.717) is 12.8 Å². The number of rotatable bonds is 0. The van der Waals surface area contributed by atoms with E-state index in [2.05, 4.69) is 15.9 Å². The van der Waals surface area contributed by atoms with Crippen LogP contribution in [0.4, 0.5) is 13.2 Å². The van der Waals surface area contributed by atoms with Crippen LogP contribution in [-0.2, 0) is 0 Å². The molecule has 0 saturated heterocycles. The van der Waals surface area contributed by atoms with Crippen molar-refractivity contribution in [1.29, 1.82) is 5.26 Å². The number of nitriles is 1. The van der Waals surface area contributed by atoms with E-state index in [4.69, 9.17) is 5.26 Å². The van der Waals surface area contributed by atoms with Gasteiger partial charge in [0.1, 0.15) is 0 Å². The topological polar surface area (TPSA) is 23.8 Å². The van der Waals surface area contributed by atoms with E-state index in [1.165, 1.54) is 0 Å². The highest BCUT2D eigenvalue weighted by molar-refractivity contribution is 9.09. The normalized spacial score (nSPS) is 35.5. The standard InChI is InChI=1S/C8H9BrF3N/c9-6-1-2-7(8(10,11)12)5(3-6)4-13/h5-7H,1-3H2. The molecular formula is C8H9BrF3N. The SMILES string of the molecule is N#CC1CC(Br)CCC1C(F)(F)F. The summed E-state index contributed by atoms with van der Waals surface area (Å²) >= 11 is 3.25. The van der Waals surface area contributed by atoms with Crippen LogP contribution in [0.3, 0.4) is 0 Å². The summed E-state index contributed by atoms with van der Waals surface area (Å²) < 4.78 is 37.0. The number of hydrogen-bond acceptors (Lipinski definition) is 1. The van der Waals surface area contributed by atoms with Gasteiger partial charge in [-0.3, -0.25) is 0 Å². The number of nitrogens with zero attached hydrogens (tertiary/aromatic N) is 1. The first kappa shape index (κ1) is 10.8. The minimum atomic E-state index is -4.21. The monoisotopic (exact) mass is 255 g/mol. The molecule has 13 heavy (non-hydrogen) atoms. The Kier molecular flexibility index (Phi) is 3.23. The Labute approximate surface area is 83.0 Å². The van der Waals surface area contributed by atoms with Crippen molar-refractivity contribution < 1.29 is 13.2 Å². The van der Waals surface area contributed by atoms with Crippen molar-refractivity contribution >= 4 is 15.9 Å². The van der Waals surface area contributed by atoms with E-state index in [9.17, 15) is 13.2 Å². The molecule has 3 unspecified atom stereocenters.